The van der Waals surface area contributed by atoms with E-state index >= 15 is 0 Å². The summed E-state index contributed by atoms with van der Waals surface area (Å²) in [5.74, 6) is -3.72. The van der Waals surface area contributed by atoms with E-state index in [-0.39, 0.29) is 41.0 Å². The minimum atomic E-state index is -4.80. The van der Waals surface area contributed by atoms with Crippen LogP contribution in [-0.2, 0) is 22.4 Å². The molecule has 2 heterocycles. The lowest BCUT2D eigenvalue weighted by Crippen LogP contribution is -2.22. The van der Waals surface area contributed by atoms with Crippen LogP contribution in [0.5, 0.6) is 11.5 Å². The number of hydrogen-bond acceptors (Lipinski definition) is 5. The van der Waals surface area contributed by atoms with Gasteiger partial charge in [-0.1, -0.05) is 19.6 Å². The maximum absolute atomic E-state index is 14.5. The molecule has 0 aliphatic heterocycles. The number of carbonyl (C=O) groups excluding carboxylic acids is 1. The van der Waals surface area contributed by atoms with Gasteiger partial charge in [0, 0.05) is 49.2 Å². The summed E-state index contributed by atoms with van der Waals surface area (Å²) in [7, 11) is -1.39. The summed E-state index contributed by atoms with van der Waals surface area (Å²) >= 11 is 0. The molecule has 2 aromatic heterocycles. The summed E-state index contributed by atoms with van der Waals surface area (Å²) < 4.78 is 88.1. The highest BCUT2D eigenvalue weighted by Crippen LogP contribution is 2.43. The summed E-state index contributed by atoms with van der Waals surface area (Å²) in [6, 6.07) is 5.80. The lowest BCUT2D eigenvalue weighted by Gasteiger charge is -2.17. The monoisotopic (exact) mass is 622 g/mol. The Morgan fingerprint density at radius 1 is 1.05 bits per heavy atom. The average Bonchev–Trinajstić information content (AvgIpc) is 3.23. The number of halogens is 5. The van der Waals surface area contributed by atoms with Crippen molar-refractivity contribution in [1.82, 2.24) is 9.55 Å². The van der Waals surface area contributed by atoms with Crippen LogP contribution in [0.1, 0.15) is 28.7 Å². The Hall–Kier alpha value is -3.97. The second-order valence-electron chi connectivity index (χ2n) is 11.1. The number of ether oxygens (including phenoxy) is 3. The number of aryl methyl sites for hydroxylation is 1. The number of aromatic nitrogens is 2. The van der Waals surface area contributed by atoms with Crippen LogP contribution in [0.4, 0.5) is 22.0 Å². The van der Waals surface area contributed by atoms with Gasteiger partial charge in [0.1, 0.15) is 24.0 Å². The highest BCUT2D eigenvalue weighted by molar-refractivity contribution is 6.76. The molecule has 230 valence electrons. The van der Waals surface area contributed by atoms with Gasteiger partial charge in [-0.05, 0) is 50.2 Å². The van der Waals surface area contributed by atoms with E-state index in [9.17, 15) is 31.5 Å². The fourth-order valence-corrected chi connectivity index (χ4v) is 5.24. The number of esters is 1. The minimum absolute atomic E-state index is 0.0470. The molecule has 43 heavy (non-hydrogen) atoms. The quantitative estimate of drug-likeness (QED) is 0.0842. The zero-order valence-corrected chi connectivity index (χ0v) is 25.2. The molecular formula is C30H31F5N2O5Si. The molecular weight excluding hydrogens is 591 g/mol. The lowest BCUT2D eigenvalue weighted by atomic mass is 9.96. The smallest absolute Gasteiger partial charge is 0.416 e. The van der Waals surface area contributed by atoms with Gasteiger partial charge in [-0.25, -0.2) is 13.6 Å². The van der Waals surface area contributed by atoms with E-state index in [2.05, 4.69) is 24.6 Å². The normalized spacial score (nSPS) is 12.1. The number of aromatic amines is 1. The highest BCUT2D eigenvalue weighted by atomic mass is 28.3. The molecule has 7 nitrogen and oxygen atoms in total. The fraction of sp³-hybridized carbons (Fsp3) is 0.333. The molecule has 4 aromatic rings. The largest absolute Gasteiger partial charge is 0.461 e. The van der Waals surface area contributed by atoms with Crippen LogP contribution in [0.25, 0.3) is 21.9 Å². The predicted octanol–water partition coefficient (Wildman–Crippen LogP) is 7.88. The number of carbonyl (C=O) groups is 1. The maximum Gasteiger partial charge on any atom is 0.416 e. The molecule has 0 atom stereocenters. The zero-order valence-electron chi connectivity index (χ0n) is 24.2. The second-order valence-corrected chi connectivity index (χ2v) is 16.8. The highest BCUT2D eigenvalue weighted by Gasteiger charge is 2.33. The summed E-state index contributed by atoms with van der Waals surface area (Å²) in [5.41, 5.74) is -2.13. The van der Waals surface area contributed by atoms with Crippen LogP contribution in [0, 0.1) is 18.6 Å². The number of hydrogen-bond donors (Lipinski definition) is 1. The first-order valence-corrected chi connectivity index (χ1v) is 17.2. The van der Waals surface area contributed by atoms with Crippen molar-refractivity contribution in [3.63, 3.8) is 0 Å². The Morgan fingerprint density at radius 3 is 2.37 bits per heavy atom. The van der Waals surface area contributed by atoms with E-state index in [0.717, 1.165) is 36.4 Å². The molecule has 0 bridgehead atoms. The Kier molecular flexibility index (Phi) is 9.16. The fourth-order valence-electron chi connectivity index (χ4n) is 4.48. The van der Waals surface area contributed by atoms with Gasteiger partial charge in [0.2, 0.25) is 0 Å². The Morgan fingerprint density at radius 2 is 1.74 bits per heavy atom. The molecule has 0 saturated heterocycles. The number of benzene rings is 2. The van der Waals surface area contributed by atoms with Crippen LogP contribution in [0.3, 0.4) is 0 Å². The number of pyridine rings is 1. The van der Waals surface area contributed by atoms with Crippen molar-refractivity contribution in [2.24, 2.45) is 0 Å². The van der Waals surface area contributed by atoms with E-state index < -0.39 is 54.4 Å². The standard InChI is InChI=1S/C30H31F5N2O5Si/c1-6-41-29(39)27-26(21-15-37(16-40-11-12-43(3,4)5)17(2)25(21)28(38)36-27)20-13-18(30(33,34)35)7-9-23(20)42-24-10-8-19(31)14-22(24)32/h7-10,13-15H,6,11-12,16H2,1-5H3,(H,36,38). The van der Waals surface area contributed by atoms with Crippen LogP contribution in [0.2, 0.25) is 25.7 Å². The number of rotatable bonds is 10. The van der Waals surface area contributed by atoms with Crippen LogP contribution < -0.4 is 10.3 Å². The average molecular weight is 623 g/mol. The summed E-state index contributed by atoms with van der Waals surface area (Å²) in [5, 5.41) is 0.232. The third kappa shape index (κ3) is 7.16. The van der Waals surface area contributed by atoms with Crippen molar-refractivity contribution >= 4 is 24.8 Å². The van der Waals surface area contributed by atoms with Gasteiger partial charge in [-0.15, -0.1) is 0 Å². The minimum Gasteiger partial charge on any atom is -0.461 e. The number of fused-ring (bicyclic) bond motifs is 1. The first kappa shape index (κ1) is 32.0. The number of H-pyrrole nitrogens is 1. The maximum atomic E-state index is 14.5. The van der Waals surface area contributed by atoms with E-state index in [1.54, 1.807) is 11.5 Å². The van der Waals surface area contributed by atoms with Crippen molar-refractivity contribution < 1.29 is 41.0 Å². The molecule has 2 aromatic carbocycles. The molecule has 13 heteroatoms. The van der Waals surface area contributed by atoms with Gasteiger partial charge in [0.25, 0.3) is 5.56 Å². The van der Waals surface area contributed by atoms with E-state index in [1.807, 2.05) is 0 Å². The SMILES string of the molecule is CCOC(=O)c1[nH]c(=O)c2c(C)n(COCC[Si](C)(C)C)cc2c1-c1cc(C(F)(F)F)ccc1Oc1ccc(F)cc1F. The molecule has 0 unspecified atom stereocenters. The topological polar surface area (TPSA) is 82.6 Å². The molecule has 1 N–H and O–H groups in total. The van der Waals surface area contributed by atoms with Crippen molar-refractivity contribution in [1.29, 1.82) is 0 Å². The van der Waals surface area contributed by atoms with Crippen molar-refractivity contribution in [3.05, 3.63) is 81.5 Å². The van der Waals surface area contributed by atoms with Crippen molar-refractivity contribution in [2.45, 2.75) is 52.4 Å². The van der Waals surface area contributed by atoms with E-state index in [1.165, 1.54) is 13.1 Å². The molecule has 0 amide bonds. The summed E-state index contributed by atoms with van der Waals surface area (Å²) in [4.78, 5) is 28.8. The Bertz CT molecular complexity index is 1720. The molecule has 0 aliphatic carbocycles. The van der Waals surface area contributed by atoms with Gasteiger partial charge < -0.3 is 23.8 Å². The summed E-state index contributed by atoms with van der Waals surface area (Å²) in [6.45, 7) is 10.2. The Labute approximate surface area is 245 Å². The number of nitrogens with zero attached hydrogens (tertiary/aromatic N) is 1. The Balaban J connectivity index is 1.98. The second kappa shape index (κ2) is 12.3. The first-order valence-electron chi connectivity index (χ1n) is 13.5. The van der Waals surface area contributed by atoms with Gasteiger partial charge >= 0.3 is 12.1 Å². The van der Waals surface area contributed by atoms with Crippen LogP contribution in [0.15, 0.2) is 47.4 Å². The predicted molar refractivity (Wildman–Crippen MR) is 154 cm³/mol. The lowest BCUT2D eigenvalue weighted by molar-refractivity contribution is -0.137. The molecule has 4 rings (SSSR count). The third-order valence-corrected chi connectivity index (χ3v) is 8.43. The van der Waals surface area contributed by atoms with Crippen molar-refractivity contribution in [2.75, 3.05) is 13.2 Å². The molecule has 0 radical (unpaired) electrons. The van der Waals surface area contributed by atoms with Gasteiger partial charge in [-0.2, -0.15) is 13.2 Å². The van der Waals surface area contributed by atoms with Gasteiger partial charge in [0.15, 0.2) is 11.6 Å². The van der Waals surface area contributed by atoms with E-state index in [0.29, 0.717) is 18.4 Å². The first-order chi connectivity index (χ1) is 20.1. The van der Waals surface area contributed by atoms with Crippen LogP contribution in [-0.4, -0.2) is 36.8 Å². The molecule has 0 fully saturated rings. The van der Waals surface area contributed by atoms with E-state index in [4.69, 9.17) is 14.2 Å². The molecule has 0 spiro atoms. The van der Waals surface area contributed by atoms with Gasteiger partial charge in [0.05, 0.1) is 17.6 Å². The molecule has 0 saturated carbocycles. The summed E-state index contributed by atoms with van der Waals surface area (Å²) in [6.07, 6.45) is -3.29. The van der Waals surface area contributed by atoms with Crippen LogP contribution >= 0.6 is 0 Å². The molecule has 0 aliphatic rings. The number of alkyl halides is 3. The van der Waals surface area contributed by atoms with Gasteiger partial charge in [-0.3, -0.25) is 4.79 Å². The number of nitrogens with one attached hydrogen (secondary N) is 1. The van der Waals surface area contributed by atoms with Crippen molar-refractivity contribution in [3.8, 4) is 22.6 Å². The zero-order chi connectivity index (χ0) is 31.7. The third-order valence-electron chi connectivity index (χ3n) is 6.73.